The van der Waals surface area contributed by atoms with E-state index in [0.717, 1.165) is 0 Å². The third kappa shape index (κ3) is 3.26. The van der Waals surface area contributed by atoms with Crippen LogP contribution in [-0.4, -0.2) is 10.9 Å². The van der Waals surface area contributed by atoms with Crippen LogP contribution in [0.1, 0.15) is 28.6 Å². The van der Waals surface area contributed by atoms with Crippen molar-refractivity contribution in [3.63, 3.8) is 0 Å². The molecule has 0 aliphatic carbocycles. The first-order valence-corrected chi connectivity index (χ1v) is 8.09. The lowest BCUT2D eigenvalue weighted by Gasteiger charge is -2.04. The number of halogens is 2. The first kappa shape index (κ1) is 17.9. The van der Waals surface area contributed by atoms with Crippen molar-refractivity contribution in [2.45, 2.75) is 13.3 Å². The van der Waals surface area contributed by atoms with Gasteiger partial charge in [-0.1, -0.05) is 6.92 Å². The Morgan fingerprint density at radius 1 is 1.29 bits per heavy atom. The molecule has 0 bridgehead atoms. The van der Waals surface area contributed by atoms with Crippen molar-refractivity contribution in [3.8, 4) is 12.3 Å². The van der Waals surface area contributed by atoms with Crippen LogP contribution >= 0.6 is 22.6 Å². The van der Waals surface area contributed by atoms with Gasteiger partial charge in [-0.15, -0.1) is 0 Å². The fraction of sp³-hybridized carbons (Fsp3) is 0.111. The molecule has 6 heteroatoms. The van der Waals surface area contributed by atoms with Crippen LogP contribution in [-0.2, 0) is 6.42 Å². The minimum Gasteiger partial charge on any atom is -0.507 e. The molecule has 2 aromatic carbocycles. The minimum absolute atomic E-state index is 0.121. The molecule has 0 saturated carbocycles. The fourth-order valence-corrected chi connectivity index (χ4v) is 2.93. The lowest BCUT2D eigenvalue weighted by molar-refractivity contribution is 0.103. The van der Waals surface area contributed by atoms with Crippen LogP contribution in [0.15, 0.2) is 40.8 Å². The number of rotatable bonds is 3. The zero-order valence-electron chi connectivity index (χ0n) is 12.7. The van der Waals surface area contributed by atoms with Crippen LogP contribution in [0.3, 0.4) is 0 Å². The van der Waals surface area contributed by atoms with E-state index in [0.29, 0.717) is 37.8 Å². The third-order valence-electron chi connectivity index (χ3n) is 3.48. The largest absolute Gasteiger partial charge is 0.507 e. The number of fused-ring (bicyclic) bond motifs is 1. The van der Waals surface area contributed by atoms with E-state index >= 15 is 0 Å². The van der Waals surface area contributed by atoms with Gasteiger partial charge in [0.15, 0.2) is 5.78 Å². The van der Waals surface area contributed by atoms with Crippen LogP contribution < -0.4 is 0 Å². The summed E-state index contributed by atoms with van der Waals surface area (Å²) in [5.74, 6) is 0.00838. The fourth-order valence-electron chi connectivity index (χ4n) is 2.41. The summed E-state index contributed by atoms with van der Waals surface area (Å²) in [6.07, 6.45) is 0.534. The molecule has 4 nitrogen and oxygen atoms in total. The van der Waals surface area contributed by atoms with Gasteiger partial charge in [0.25, 0.3) is 0 Å². The molecule has 3 aromatic rings. The second-order valence-corrected chi connectivity index (χ2v) is 6.05. The Morgan fingerprint density at radius 3 is 2.62 bits per heavy atom. The number of aromatic hydroxyl groups is 1. The van der Waals surface area contributed by atoms with E-state index in [1.165, 1.54) is 24.3 Å². The van der Waals surface area contributed by atoms with Gasteiger partial charge < -0.3 is 9.52 Å². The summed E-state index contributed by atoms with van der Waals surface area (Å²) < 4.78 is 19.8. The van der Waals surface area contributed by atoms with Gasteiger partial charge >= 0.3 is 0 Å². The third-order valence-corrected chi connectivity index (χ3v) is 4.35. The van der Waals surface area contributed by atoms with Gasteiger partial charge in [-0.2, -0.15) is 0 Å². The Hall–Kier alpha value is -2.40. The van der Waals surface area contributed by atoms with Crippen LogP contribution in [0.5, 0.6) is 5.75 Å². The molecule has 0 aliphatic heterocycles. The van der Waals surface area contributed by atoms with Gasteiger partial charge in [0.05, 0.1) is 9.13 Å². The Morgan fingerprint density at radius 2 is 2.00 bits per heavy atom. The molecule has 1 heterocycles. The van der Waals surface area contributed by atoms with E-state index in [1.54, 1.807) is 12.1 Å². The molecule has 0 saturated heterocycles. The summed E-state index contributed by atoms with van der Waals surface area (Å²) >= 11 is 1.96. The molecule has 24 heavy (non-hydrogen) atoms. The Labute approximate surface area is 151 Å². The summed E-state index contributed by atoms with van der Waals surface area (Å²) in [6, 6.07) is 8.79. The summed E-state index contributed by atoms with van der Waals surface area (Å²) in [5.41, 5.74) is 1.32. The van der Waals surface area contributed by atoms with Gasteiger partial charge in [0, 0.05) is 23.9 Å². The second kappa shape index (κ2) is 7.45. The SMILES string of the molecule is C#N.CCc1oc2ccc(F)cc2c1C(=O)c1ccc(O)c(I)c1. The molecule has 1 aromatic heterocycles. The molecule has 0 spiro atoms. The average molecular weight is 437 g/mol. The monoisotopic (exact) mass is 437 g/mol. The highest BCUT2D eigenvalue weighted by Gasteiger charge is 2.22. The van der Waals surface area contributed by atoms with Gasteiger partial charge in [0.1, 0.15) is 22.9 Å². The van der Waals surface area contributed by atoms with E-state index < -0.39 is 5.82 Å². The number of phenols is 1. The predicted molar refractivity (Wildman–Crippen MR) is 96.5 cm³/mol. The van der Waals surface area contributed by atoms with E-state index in [9.17, 15) is 14.3 Å². The van der Waals surface area contributed by atoms with Crippen LogP contribution in [0, 0.1) is 21.2 Å². The van der Waals surface area contributed by atoms with Crippen molar-refractivity contribution in [2.24, 2.45) is 0 Å². The molecule has 0 amide bonds. The van der Waals surface area contributed by atoms with Crippen molar-refractivity contribution < 1.29 is 18.7 Å². The van der Waals surface area contributed by atoms with Crippen LogP contribution in [0.4, 0.5) is 4.39 Å². The van der Waals surface area contributed by atoms with Crippen molar-refractivity contribution >= 4 is 39.3 Å². The Kier molecular flexibility index (Phi) is 5.57. The number of benzene rings is 2. The van der Waals surface area contributed by atoms with E-state index in [-0.39, 0.29) is 11.5 Å². The number of nitriles is 1. The smallest absolute Gasteiger partial charge is 0.197 e. The van der Waals surface area contributed by atoms with E-state index in [4.69, 9.17) is 9.68 Å². The van der Waals surface area contributed by atoms with Gasteiger partial charge in [0.2, 0.25) is 0 Å². The molecule has 122 valence electrons. The summed E-state index contributed by atoms with van der Waals surface area (Å²) in [5, 5.41) is 16.6. The average Bonchev–Trinajstić information content (AvgIpc) is 2.96. The molecule has 0 radical (unpaired) electrons. The molecule has 0 unspecified atom stereocenters. The first-order chi connectivity index (χ1) is 11.5. The van der Waals surface area contributed by atoms with Crippen molar-refractivity contribution in [1.29, 1.82) is 5.26 Å². The van der Waals surface area contributed by atoms with Gasteiger partial charge in [-0.05, 0) is 59.0 Å². The molecule has 0 fully saturated rings. The molecule has 1 N–H and O–H groups in total. The highest BCUT2D eigenvalue weighted by Crippen LogP contribution is 2.30. The zero-order valence-corrected chi connectivity index (χ0v) is 14.9. The molecule has 3 rings (SSSR count). The molecule has 0 atom stereocenters. The number of hydrogen-bond donors (Lipinski definition) is 1. The number of furan rings is 1. The number of phenolic OH excluding ortho intramolecular Hbond substituents is 1. The summed E-state index contributed by atoms with van der Waals surface area (Å²) in [6.45, 7) is 5.38. The van der Waals surface area contributed by atoms with Crippen molar-refractivity contribution in [3.05, 3.63) is 62.7 Å². The highest BCUT2D eigenvalue weighted by atomic mass is 127. The highest BCUT2D eigenvalue weighted by molar-refractivity contribution is 14.1. The number of aryl methyl sites for hydroxylation is 1. The quantitative estimate of drug-likeness (QED) is 0.471. The van der Waals surface area contributed by atoms with Crippen LogP contribution in [0.2, 0.25) is 0 Å². The Balaban J connectivity index is 0.00000100. The summed E-state index contributed by atoms with van der Waals surface area (Å²) in [7, 11) is 0. The van der Waals surface area contributed by atoms with Gasteiger partial charge in [-0.3, -0.25) is 4.79 Å². The maximum Gasteiger partial charge on any atom is 0.197 e. The molecular weight excluding hydrogens is 424 g/mol. The number of carbonyl (C=O) groups excluding carboxylic acids is 1. The number of nitrogens with zero attached hydrogens (tertiary/aromatic N) is 1. The topological polar surface area (TPSA) is 74.2 Å². The van der Waals surface area contributed by atoms with Gasteiger partial charge in [-0.25, -0.2) is 9.65 Å². The van der Waals surface area contributed by atoms with E-state index in [1.807, 2.05) is 29.5 Å². The molecule has 0 aliphatic rings. The molecular formula is C18H13FINO3. The maximum absolute atomic E-state index is 13.5. The van der Waals surface area contributed by atoms with Crippen LogP contribution in [0.25, 0.3) is 11.0 Å². The first-order valence-electron chi connectivity index (χ1n) is 7.01. The normalized spacial score (nSPS) is 10.2. The number of carbonyl (C=O) groups is 1. The van der Waals surface area contributed by atoms with Crippen molar-refractivity contribution in [2.75, 3.05) is 0 Å². The minimum atomic E-state index is -0.412. The lowest BCUT2D eigenvalue weighted by Crippen LogP contribution is -2.04. The zero-order chi connectivity index (χ0) is 17.9. The Bertz CT molecular complexity index is 931. The van der Waals surface area contributed by atoms with E-state index in [2.05, 4.69) is 6.57 Å². The number of ketones is 1. The van der Waals surface area contributed by atoms with Crippen molar-refractivity contribution in [1.82, 2.24) is 0 Å². The number of hydrogen-bond acceptors (Lipinski definition) is 4. The standard InChI is InChI=1S/C17H12FIO3.CHN/c1-2-14-16(11-8-10(18)4-6-15(11)22-14)17(21)9-3-5-13(20)12(19)7-9;1-2/h3-8,20H,2H2,1H3;1H. The second-order valence-electron chi connectivity index (χ2n) is 4.89. The predicted octanol–water partition coefficient (Wildman–Crippen LogP) is 4.82. The maximum atomic E-state index is 13.5. The lowest BCUT2D eigenvalue weighted by atomic mass is 9.99. The summed E-state index contributed by atoms with van der Waals surface area (Å²) in [4.78, 5) is 12.8.